The molecule has 2 N–H and O–H groups in total. The molecule has 0 unspecified atom stereocenters. The fourth-order valence-corrected chi connectivity index (χ4v) is 1.51. The van der Waals surface area contributed by atoms with Crippen molar-refractivity contribution < 1.29 is 9.59 Å². The zero-order chi connectivity index (χ0) is 13.1. The summed E-state index contributed by atoms with van der Waals surface area (Å²) in [6, 6.07) is 7.48. The lowest BCUT2D eigenvalue weighted by molar-refractivity contribution is -0.131. The van der Waals surface area contributed by atoms with Crippen molar-refractivity contribution in [2.45, 2.75) is 6.92 Å². The van der Waals surface area contributed by atoms with Gasteiger partial charge >= 0.3 is 0 Å². The molecule has 2 aromatic rings. The molecular formula is C12H14N4O2. The van der Waals surface area contributed by atoms with Crippen LogP contribution in [0.5, 0.6) is 0 Å². The Bertz CT molecular complexity index is 558. The molecule has 1 aromatic heterocycles. The average Bonchev–Trinajstić information content (AvgIpc) is 2.70. The van der Waals surface area contributed by atoms with E-state index in [1.807, 2.05) is 24.3 Å². The molecular weight excluding hydrogens is 232 g/mol. The highest BCUT2D eigenvalue weighted by Crippen LogP contribution is 2.12. The van der Waals surface area contributed by atoms with Gasteiger partial charge in [-0.15, -0.1) is 0 Å². The largest absolute Gasteiger partial charge is 0.337 e. The molecule has 0 radical (unpaired) electrons. The van der Waals surface area contributed by atoms with Crippen LogP contribution >= 0.6 is 0 Å². The number of benzene rings is 1. The molecule has 2 rings (SSSR count). The van der Waals surface area contributed by atoms with Gasteiger partial charge in [0.2, 0.25) is 17.8 Å². The van der Waals surface area contributed by atoms with Gasteiger partial charge in [-0.1, -0.05) is 12.1 Å². The molecule has 0 aliphatic rings. The number of nitrogens with one attached hydrogen (secondary N) is 2. The molecule has 2 amide bonds. The molecule has 18 heavy (non-hydrogen) atoms. The van der Waals surface area contributed by atoms with Crippen LogP contribution < -0.4 is 5.32 Å². The number of carbonyl (C=O) groups excluding carboxylic acids is 2. The normalized spacial score (nSPS) is 10.3. The lowest BCUT2D eigenvalue weighted by atomic mass is 10.3. The van der Waals surface area contributed by atoms with Crippen LogP contribution in [0.4, 0.5) is 5.95 Å². The van der Waals surface area contributed by atoms with Gasteiger partial charge in [-0.25, -0.2) is 4.98 Å². The van der Waals surface area contributed by atoms with Crippen molar-refractivity contribution in [3.8, 4) is 0 Å². The van der Waals surface area contributed by atoms with Crippen molar-refractivity contribution in [2.75, 3.05) is 18.9 Å². The number of para-hydroxylation sites is 2. The molecule has 0 bridgehead atoms. The predicted molar refractivity (Wildman–Crippen MR) is 68.0 cm³/mol. The first-order chi connectivity index (χ1) is 8.56. The predicted octanol–water partition coefficient (Wildman–Crippen LogP) is 0.980. The van der Waals surface area contributed by atoms with E-state index in [2.05, 4.69) is 15.3 Å². The van der Waals surface area contributed by atoms with Gasteiger partial charge in [0, 0.05) is 14.0 Å². The number of carbonyl (C=O) groups is 2. The summed E-state index contributed by atoms with van der Waals surface area (Å²) in [4.78, 5) is 31.2. The van der Waals surface area contributed by atoms with Gasteiger partial charge in [-0.2, -0.15) is 0 Å². The lowest BCUT2D eigenvalue weighted by Crippen LogP contribution is -2.33. The Hall–Kier alpha value is -2.37. The standard InChI is InChI=1S/C12H14N4O2/c1-8(17)16(2)7-11(18)15-12-13-9-5-3-4-6-10(9)14-12/h3-6H,7H2,1-2H3,(H2,13,14,15,18). The molecule has 0 atom stereocenters. The maximum absolute atomic E-state index is 11.6. The molecule has 0 fully saturated rings. The third-order valence-electron chi connectivity index (χ3n) is 2.57. The number of imidazole rings is 1. The lowest BCUT2D eigenvalue weighted by Gasteiger charge is -2.13. The fraction of sp³-hybridized carbons (Fsp3) is 0.250. The van der Waals surface area contributed by atoms with Crippen molar-refractivity contribution in [2.24, 2.45) is 0 Å². The van der Waals surface area contributed by atoms with E-state index in [-0.39, 0.29) is 18.4 Å². The Balaban J connectivity index is 2.05. The maximum atomic E-state index is 11.6. The van der Waals surface area contributed by atoms with Crippen molar-refractivity contribution >= 4 is 28.8 Å². The van der Waals surface area contributed by atoms with Crippen LogP contribution in [0.2, 0.25) is 0 Å². The monoisotopic (exact) mass is 246 g/mol. The Labute approximate surface area is 104 Å². The number of H-pyrrole nitrogens is 1. The van der Waals surface area contributed by atoms with Crippen molar-refractivity contribution in [1.29, 1.82) is 0 Å². The Morgan fingerprint density at radius 2 is 2.11 bits per heavy atom. The third kappa shape index (κ3) is 2.65. The minimum absolute atomic E-state index is 0.00633. The van der Waals surface area contributed by atoms with Crippen LogP contribution in [0, 0.1) is 0 Å². The molecule has 6 nitrogen and oxygen atoms in total. The Morgan fingerprint density at radius 1 is 1.39 bits per heavy atom. The van der Waals surface area contributed by atoms with Crippen LogP contribution in [-0.4, -0.2) is 40.3 Å². The first-order valence-corrected chi connectivity index (χ1v) is 5.52. The van der Waals surface area contributed by atoms with E-state index in [0.29, 0.717) is 5.95 Å². The molecule has 0 aliphatic carbocycles. The topological polar surface area (TPSA) is 78.1 Å². The fourth-order valence-electron chi connectivity index (χ4n) is 1.51. The smallest absolute Gasteiger partial charge is 0.246 e. The second-order valence-electron chi connectivity index (χ2n) is 4.03. The van der Waals surface area contributed by atoms with Crippen LogP contribution in [0.15, 0.2) is 24.3 Å². The van der Waals surface area contributed by atoms with Crippen molar-refractivity contribution in [3.05, 3.63) is 24.3 Å². The van der Waals surface area contributed by atoms with E-state index < -0.39 is 0 Å². The highest BCUT2D eigenvalue weighted by molar-refractivity contribution is 5.94. The number of hydrogen-bond donors (Lipinski definition) is 2. The van der Waals surface area contributed by atoms with Crippen molar-refractivity contribution in [3.63, 3.8) is 0 Å². The number of nitrogens with zero attached hydrogens (tertiary/aromatic N) is 2. The maximum Gasteiger partial charge on any atom is 0.246 e. The molecule has 6 heteroatoms. The molecule has 1 heterocycles. The van der Waals surface area contributed by atoms with E-state index in [1.54, 1.807) is 7.05 Å². The molecule has 94 valence electrons. The molecule has 1 aromatic carbocycles. The number of fused-ring (bicyclic) bond motifs is 1. The van der Waals surface area contributed by atoms with Crippen LogP contribution in [0.25, 0.3) is 11.0 Å². The van der Waals surface area contributed by atoms with Gasteiger partial charge in [0.15, 0.2) is 0 Å². The van der Waals surface area contributed by atoms with Gasteiger partial charge in [-0.3, -0.25) is 14.9 Å². The molecule has 0 saturated heterocycles. The van der Waals surface area contributed by atoms with Crippen LogP contribution in [0.1, 0.15) is 6.92 Å². The van der Waals surface area contributed by atoms with Crippen LogP contribution in [0.3, 0.4) is 0 Å². The summed E-state index contributed by atoms with van der Waals surface area (Å²) in [7, 11) is 1.57. The summed E-state index contributed by atoms with van der Waals surface area (Å²) >= 11 is 0. The Kier molecular flexibility index (Phi) is 3.27. The van der Waals surface area contributed by atoms with Crippen LogP contribution in [-0.2, 0) is 9.59 Å². The molecule has 0 aliphatic heterocycles. The number of aromatic amines is 1. The van der Waals surface area contributed by atoms with E-state index in [4.69, 9.17) is 0 Å². The number of hydrogen-bond acceptors (Lipinski definition) is 3. The number of rotatable bonds is 3. The zero-order valence-electron chi connectivity index (χ0n) is 10.2. The summed E-state index contributed by atoms with van der Waals surface area (Å²) in [5, 5.41) is 2.62. The highest BCUT2D eigenvalue weighted by Gasteiger charge is 2.10. The third-order valence-corrected chi connectivity index (χ3v) is 2.57. The summed E-state index contributed by atoms with van der Waals surface area (Å²) in [5.41, 5.74) is 1.64. The molecule has 0 spiro atoms. The minimum atomic E-state index is -0.285. The van der Waals surface area contributed by atoms with Crippen molar-refractivity contribution in [1.82, 2.24) is 14.9 Å². The highest BCUT2D eigenvalue weighted by atomic mass is 16.2. The van der Waals surface area contributed by atoms with E-state index in [1.165, 1.54) is 11.8 Å². The first-order valence-electron chi connectivity index (χ1n) is 5.52. The van der Waals surface area contributed by atoms with Gasteiger partial charge in [0.1, 0.15) is 0 Å². The SMILES string of the molecule is CC(=O)N(C)CC(=O)Nc1nc2ccccc2[nH]1. The van der Waals surface area contributed by atoms with Gasteiger partial charge in [0.05, 0.1) is 17.6 Å². The minimum Gasteiger partial charge on any atom is -0.337 e. The van der Waals surface area contributed by atoms with E-state index in [9.17, 15) is 9.59 Å². The van der Waals surface area contributed by atoms with Gasteiger partial charge in [0.25, 0.3) is 0 Å². The summed E-state index contributed by atoms with van der Waals surface area (Å²) in [5.74, 6) is -0.0559. The second-order valence-corrected chi connectivity index (χ2v) is 4.03. The summed E-state index contributed by atoms with van der Waals surface area (Å²) in [6.45, 7) is 1.42. The molecule has 0 saturated carbocycles. The zero-order valence-corrected chi connectivity index (χ0v) is 10.2. The summed E-state index contributed by atoms with van der Waals surface area (Å²) in [6.07, 6.45) is 0. The number of anilines is 1. The quantitative estimate of drug-likeness (QED) is 0.847. The average molecular weight is 246 g/mol. The number of amides is 2. The van der Waals surface area contributed by atoms with Gasteiger partial charge < -0.3 is 9.88 Å². The first kappa shape index (κ1) is 12.1. The Morgan fingerprint density at radius 3 is 2.78 bits per heavy atom. The number of aromatic nitrogens is 2. The van der Waals surface area contributed by atoms with E-state index in [0.717, 1.165) is 11.0 Å². The summed E-state index contributed by atoms with van der Waals surface area (Å²) < 4.78 is 0. The van der Waals surface area contributed by atoms with E-state index >= 15 is 0 Å². The van der Waals surface area contributed by atoms with Gasteiger partial charge in [-0.05, 0) is 12.1 Å². The second kappa shape index (κ2) is 4.87. The number of likely N-dealkylation sites (N-methyl/N-ethyl adjacent to an activating group) is 1.